The smallest absolute Gasteiger partial charge is 0.244 e. The van der Waals surface area contributed by atoms with Gasteiger partial charge in [0.1, 0.15) is 6.04 Å². The molecule has 1 saturated heterocycles. The molecule has 1 fully saturated rings. The highest BCUT2D eigenvalue weighted by molar-refractivity contribution is 7.09. The Hall–Kier alpha value is -4.03. The lowest BCUT2D eigenvalue weighted by molar-refractivity contribution is -0.122. The molecule has 3 aromatic heterocycles. The monoisotopic (exact) mass is 520 g/mol. The summed E-state index contributed by atoms with van der Waals surface area (Å²) in [5, 5.41) is 8.40. The van der Waals surface area contributed by atoms with E-state index < -0.39 is 6.04 Å². The number of nitrogens with one attached hydrogen (secondary N) is 2. The summed E-state index contributed by atoms with van der Waals surface area (Å²) in [5.74, 6) is 1.67. The quantitative estimate of drug-likeness (QED) is 0.315. The number of rotatable bonds is 8. The molecule has 11 nitrogen and oxygen atoms in total. The van der Waals surface area contributed by atoms with E-state index in [1.54, 1.807) is 31.8 Å². The van der Waals surface area contributed by atoms with Gasteiger partial charge in [-0.2, -0.15) is 9.97 Å². The summed E-state index contributed by atoms with van der Waals surface area (Å²) in [6.07, 6.45) is 2.42. The van der Waals surface area contributed by atoms with Crippen LogP contribution >= 0.6 is 11.3 Å². The van der Waals surface area contributed by atoms with Crippen LogP contribution in [0.1, 0.15) is 4.88 Å². The number of carbonyl (C=O) groups is 1. The first-order valence-electron chi connectivity index (χ1n) is 11.9. The Labute approximate surface area is 218 Å². The van der Waals surface area contributed by atoms with Crippen LogP contribution in [0.5, 0.6) is 11.5 Å². The number of benzene rings is 1. The van der Waals surface area contributed by atoms with Gasteiger partial charge < -0.3 is 30.7 Å². The van der Waals surface area contributed by atoms with E-state index in [9.17, 15) is 4.79 Å². The fourth-order valence-electron chi connectivity index (χ4n) is 4.32. The number of aromatic nitrogens is 4. The first-order chi connectivity index (χ1) is 18.1. The Kier molecular flexibility index (Phi) is 7.28. The van der Waals surface area contributed by atoms with Gasteiger partial charge in [-0.1, -0.05) is 6.07 Å². The van der Waals surface area contributed by atoms with Crippen molar-refractivity contribution in [3.8, 4) is 22.8 Å². The first kappa shape index (κ1) is 24.7. The molecule has 1 aliphatic heterocycles. The molecule has 37 heavy (non-hydrogen) atoms. The summed E-state index contributed by atoms with van der Waals surface area (Å²) in [7, 11) is 3.17. The molecule has 5 rings (SSSR count). The minimum absolute atomic E-state index is 0.0750. The molecule has 0 saturated carbocycles. The fourth-order valence-corrected chi connectivity index (χ4v) is 5.03. The fraction of sp³-hybridized carbons (Fsp3) is 0.320. The number of methoxy groups -OCH3 is 2. The molecule has 0 aliphatic carbocycles. The molecule has 1 atom stereocenters. The van der Waals surface area contributed by atoms with E-state index in [0.717, 1.165) is 12.0 Å². The lowest BCUT2D eigenvalue weighted by Gasteiger charge is -2.36. The van der Waals surface area contributed by atoms with Gasteiger partial charge in [0.05, 0.1) is 26.1 Å². The maximum Gasteiger partial charge on any atom is 0.244 e. The average Bonchev–Trinajstić information content (AvgIpc) is 3.45. The van der Waals surface area contributed by atoms with Gasteiger partial charge in [0.25, 0.3) is 0 Å². The number of thiophene rings is 1. The van der Waals surface area contributed by atoms with Crippen LogP contribution in [0.3, 0.4) is 0 Å². The summed E-state index contributed by atoms with van der Waals surface area (Å²) in [6.45, 7) is 2.27. The normalized spacial score (nSPS) is 15.5. The summed E-state index contributed by atoms with van der Waals surface area (Å²) in [4.78, 5) is 34.5. The van der Waals surface area contributed by atoms with Crippen molar-refractivity contribution in [2.24, 2.45) is 0 Å². The van der Waals surface area contributed by atoms with Crippen molar-refractivity contribution < 1.29 is 14.3 Å². The largest absolute Gasteiger partial charge is 0.493 e. The highest BCUT2D eigenvalue weighted by Gasteiger charge is 2.31. The third kappa shape index (κ3) is 5.25. The Morgan fingerprint density at radius 2 is 2.08 bits per heavy atom. The van der Waals surface area contributed by atoms with E-state index in [1.807, 2.05) is 34.5 Å². The number of nitrogens with zero attached hydrogens (tertiary/aromatic N) is 5. The second kappa shape index (κ2) is 10.9. The third-order valence-corrected chi connectivity index (χ3v) is 7.09. The number of nitrogen functional groups attached to an aromatic ring is 1. The van der Waals surface area contributed by atoms with Crippen LogP contribution in [-0.4, -0.2) is 72.3 Å². The van der Waals surface area contributed by atoms with Crippen LogP contribution in [0.25, 0.3) is 22.4 Å². The topological polar surface area (TPSA) is 140 Å². The number of anilines is 2. The number of fused-ring (bicyclic) bond motifs is 1. The molecule has 4 aromatic rings. The zero-order valence-corrected chi connectivity index (χ0v) is 21.4. The molecular weight excluding hydrogens is 492 g/mol. The number of carbonyl (C=O) groups excluding carboxylic acids is 1. The van der Waals surface area contributed by atoms with Gasteiger partial charge in [0, 0.05) is 36.6 Å². The van der Waals surface area contributed by atoms with Crippen molar-refractivity contribution >= 4 is 40.2 Å². The molecule has 12 heteroatoms. The van der Waals surface area contributed by atoms with Crippen molar-refractivity contribution in [2.75, 3.05) is 51.0 Å². The van der Waals surface area contributed by atoms with E-state index in [1.165, 1.54) is 4.88 Å². The van der Waals surface area contributed by atoms with Crippen LogP contribution in [0.15, 0.2) is 41.9 Å². The summed E-state index contributed by atoms with van der Waals surface area (Å²) in [6, 6.07) is 9.12. The van der Waals surface area contributed by atoms with Gasteiger partial charge >= 0.3 is 0 Å². The molecule has 1 unspecified atom stereocenters. The number of ether oxygens (including phenoxy) is 2. The molecule has 4 N–H and O–H groups in total. The van der Waals surface area contributed by atoms with Crippen LogP contribution < -0.4 is 30.7 Å². The molecule has 192 valence electrons. The Morgan fingerprint density at radius 3 is 2.86 bits per heavy atom. The SMILES string of the molecule is COc1ccc(-c2cnc3nc(N)nc(N4CCNCC4C(=O)NCCc4cccs4)c3n2)cc1OC. The molecule has 0 bridgehead atoms. The first-order valence-corrected chi connectivity index (χ1v) is 12.8. The van der Waals surface area contributed by atoms with Gasteiger partial charge in [0.2, 0.25) is 11.9 Å². The Bertz CT molecular complexity index is 1400. The third-order valence-electron chi connectivity index (χ3n) is 6.15. The molecule has 0 radical (unpaired) electrons. The lowest BCUT2D eigenvalue weighted by atomic mass is 10.1. The Morgan fingerprint density at radius 1 is 1.22 bits per heavy atom. The minimum Gasteiger partial charge on any atom is -0.493 e. The van der Waals surface area contributed by atoms with Gasteiger partial charge in [-0.3, -0.25) is 4.79 Å². The predicted octanol–water partition coefficient (Wildman–Crippen LogP) is 1.88. The number of hydrogen-bond donors (Lipinski definition) is 3. The molecular formula is C25H28N8O3S. The molecule has 1 amide bonds. The highest BCUT2D eigenvalue weighted by atomic mass is 32.1. The number of piperazine rings is 1. The van der Waals surface area contributed by atoms with Crippen LogP contribution in [-0.2, 0) is 11.2 Å². The number of nitrogens with two attached hydrogens (primary N) is 1. The second-order valence-corrected chi connectivity index (χ2v) is 9.47. The van der Waals surface area contributed by atoms with Crippen LogP contribution in [0.4, 0.5) is 11.8 Å². The zero-order valence-electron chi connectivity index (χ0n) is 20.6. The highest BCUT2D eigenvalue weighted by Crippen LogP contribution is 2.33. The van der Waals surface area contributed by atoms with Crippen molar-refractivity contribution in [3.63, 3.8) is 0 Å². The van der Waals surface area contributed by atoms with Crippen LogP contribution in [0, 0.1) is 0 Å². The van der Waals surface area contributed by atoms with Crippen LogP contribution in [0.2, 0.25) is 0 Å². The predicted molar refractivity (Wildman–Crippen MR) is 143 cm³/mol. The van der Waals surface area contributed by atoms with Gasteiger partial charge in [0.15, 0.2) is 28.5 Å². The standard InChI is InChI=1S/C25H28N8O3S/c1-35-19-6-5-15(12-20(19)36-2)17-13-29-22-21(30-17)23(32-25(26)31-22)33-10-9-27-14-18(33)24(34)28-8-7-16-4-3-11-37-16/h3-6,11-13,18,27H,7-10,14H2,1-2H3,(H,28,34)(H2,26,29,31,32). The average molecular weight is 521 g/mol. The zero-order chi connectivity index (χ0) is 25.8. The van der Waals surface area contributed by atoms with Crippen molar-refractivity contribution in [3.05, 3.63) is 46.8 Å². The van der Waals surface area contributed by atoms with E-state index in [2.05, 4.69) is 31.7 Å². The molecule has 0 spiro atoms. The van der Waals surface area contributed by atoms with Gasteiger partial charge in [-0.15, -0.1) is 11.3 Å². The number of amides is 1. The van der Waals surface area contributed by atoms with E-state index in [0.29, 0.717) is 60.4 Å². The maximum atomic E-state index is 13.2. The van der Waals surface area contributed by atoms with Crippen molar-refractivity contribution in [2.45, 2.75) is 12.5 Å². The molecule has 4 heterocycles. The van der Waals surface area contributed by atoms with Gasteiger partial charge in [-0.25, -0.2) is 9.97 Å². The van der Waals surface area contributed by atoms with Gasteiger partial charge in [-0.05, 0) is 36.1 Å². The number of hydrogen-bond acceptors (Lipinski definition) is 11. The molecule has 1 aliphatic rings. The van der Waals surface area contributed by atoms with Crippen molar-refractivity contribution in [1.82, 2.24) is 30.6 Å². The van der Waals surface area contributed by atoms with E-state index >= 15 is 0 Å². The summed E-state index contributed by atoms with van der Waals surface area (Å²) < 4.78 is 10.8. The summed E-state index contributed by atoms with van der Waals surface area (Å²) in [5.41, 5.74) is 8.28. The van der Waals surface area contributed by atoms with Crippen molar-refractivity contribution in [1.29, 1.82) is 0 Å². The second-order valence-electron chi connectivity index (χ2n) is 8.44. The van der Waals surface area contributed by atoms with E-state index in [4.69, 9.17) is 20.2 Å². The lowest BCUT2D eigenvalue weighted by Crippen LogP contribution is -2.58. The Balaban J connectivity index is 1.47. The maximum absolute atomic E-state index is 13.2. The molecule has 1 aromatic carbocycles. The minimum atomic E-state index is -0.485. The van der Waals surface area contributed by atoms with E-state index in [-0.39, 0.29) is 11.9 Å². The summed E-state index contributed by atoms with van der Waals surface area (Å²) >= 11 is 1.68.